The van der Waals surface area contributed by atoms with Crippen LogP contribution in [0.15, 0.2) is 24.3 Å². The van der Waals surface area contributed by atoms with Crippen molar-refractivity contribution in [2.75, 3.05) is 0 Å². The molecule has 0 unspecified atom stereocenters. The highest BCUT2D eigenvalue weighted by atomic mass is 19.1. The Morgan fingerprint density at radius 2 is 1.60 bits per heavy atom. The topological polar surface area (TPSA) is 55.4 Å². The normalized spacial score (nSPS) is 33.8. The predicted octanol–water partition coefficient (Wildman–Crippen LogP) is 3.46. The fraction of sp³-hybridized carbons (Fsp3) is 0.600. The molecule has 4 bridgehead atoms. The molecule has 1 aromatic rings. The number of carbonyl (C=O) groups is 2. The molecule has 1 N–H and O–H groups in total. The van der Waals surface area contributed by atoms with Crippen molar-refractivity contribution in [1.82, 2.24) is 5.32 Å². The Kier molecular flexibility index (Phi) is 4.05. The minimum atomic E-state index is -0.856. The summed E-state index contributed by atoms with van der Waals surface area (Å²) in [7, 11) is 0. The van der Waals surface area contributed by atoms with E-state index < -0.39 is 17.9 Å². The second kappa shape index (κ2) is 6.11. The molecule has 5 rings (SSSR count). The van der Waals surface area contributed by atoms with Crippen molar-refractivity contribution in [3.8, 4) is 0 Å². The van der Waals surface area contributed by atoms with E-state index in [0.29, 0.717) is 0 Å². The van der Waals surface area contributed by atoms with Crippen LogP contribution in [-0.4, -0.2) is 23.5 Å². The van der Waals surface area contributed by atoms with Crippen LogP contribution in [0, 0.1) is 23.6 Å². The summed E-state index contributed by atoms with van der Waals surface area (Å²) in [5.41, 5.74) is 0.151. The number of carbonyl (C=O) groups excluding carboxylic acids is 2. The Hall–Kier alpha value is -1.91. The van der Waals surface area contributed by atoms with E-state index in [1.54, 1.807) is 6.92 Å². The molecule has 134 valence electrons. The maximum absolute atomic E-state index is 12.9. The molecule has 1 atom stereocenters. The van der Waals surface area contributed by atoms with Crippen LogP contribution < -0.4 is 5.32 Å². The predicted molar refractivity (Wildman–Crippen MR) is 90.3 cm³/mol. The summed E-state index contributed by atoms with van der Waals surface area (Å²) < 4.78 is 18.2. The van der Waals surface area contributed by atoms with Gasteiger partial charge in [0.1, 0.15) is 5.82 Å². The Morgan fingerprint density at radius 3 is 2.12 bits per heavy atom. The summed E-state index contributed by atoms with van der Waals surface area (Å²) in [6, 6.07) is 5.14. The van der Waals surface area contributed by atoms with Crippen LogP contribution in [0.2, 0.25) is 0 Å². The number of hydrogen-bond acceptors (Lipinski definition) is 3. The lowest BCUT2D eigenvalue weighted by Crippen LogP contribution is -2.61. The van der Waals surface area contributed by atoms with Crippen molar-refractivity contribution in [3.05, 3.63) is 35.6 Å². The van der Waals surface area contributed by atoms with Crippen LogP contribution in [-0.2, 0) is 9.53 Å². The largest absolute Gasteiger partial charge is 0.449 e. The van der Waals surface area contributed by atoms with Crippen molar-refractivity contribution in [3.63, 3.8) is 0 Å². The van der Waals surface area contributed by atoms with Gasteiger partial charge in [-0.25, -0.2) is 9.18 Å². The lowest BCUT2D eigenvalue weighted by Gasteiger charge is -2.57. The molecule has 0 spiro atoms. The maximum atomic E-state index is 12.9. The fourth-order valence-electron chi connectivity index (χ4n) is 5.49. The second-order valence-electron chi connectivity index (χ2n) is 8.24. The minimum absolute atomic E-state index is 0.0949. The van der Waals surface area contributed by atoms with Gasteiger partial charge in [-0.05, 0) is 87.5 Å². The van der Waals surface area contributed by atoms with E-state index in [-0.39, 0.29) is 17.0 Å². The average Bonchev–Trinajstić information content (AvgIpc) is 2.53. The Bertz CT molecular complexity index is 649. The van der Waals surface area contributed by atoms with E-state index >= 15 is 0 Å². The van der Waals surface area contributed by atoms with Gasteiger partial charge in [-0.15, -0.1) is 0 Å². The number of esters is 1. The van der Waals surface area contributed by atoms with Crippen molar-refractivity contribution in [1.29, 1.82) is 0 Å². The molecule has 0 heterocycles. The third kappa shape index (κ3) is 3.29. The summed E-state index contributed by atoms with van der Waals surface area (Å²) in [6.45, 7) is 1.59. The van der Waals surface area contributed by atoms with Gasteiger partial charge in [0.25, 0.3) is 5.91 Å². The molecule has 0 aromatic heterocycles. The van der Waals surface area contributed by atoms with Crippen LogP contribution >= 0.6 is 0 Å². The molecule has 4 fully saturated rings. The quantitative estimate of drug-likeness (QED) is 0.851. The van der Waals surface area contributed by atoms with Gasteiger partial charge < -0.3 is 10.1 Å². The third-order valence-electron chi connectivity index (χ3n) is 6.16. The monoisotopic (exact) mass is 345 g/mol. The van der Waals surface area contributed by atoms with Crippen molar-refractivity contribution in [2.24, 2.45) is 17.8 Å². The molecule has 4 nitrogen and oxygen atoms in total. The van der Waals surface area contributed by atoms with Crippen LogP contribution in [0.5, 0.6) is 0 Å². The number of hydrogen-bond donors (Lipinski definition) is 1. The SMILES string of the molecule is C[C@H](OC(=O)c1ccc(F)cc1)C(=O)NC12CC3CC(CC(C3)C1)C2. The zero-order chi connectivity index (χ0) is 17.6. The molecule has 4 aliphatic rings. The number of halogens is 1. The van der Waals surface area contributed by atoms with Gasteiger partial charge in [0.15, 0.2) is 6.10 Å². The minimum Gasteiger partial charge on any atom is -0.449 e. The van der Waals surface area contributed by atoms with E-state index in [9.17, 15) is 14.0 Å². The number of ether oxygens (including phenoxy) is 1. The molecule has 4 aliphatic carbocycles. The summed E-state index contributed by atoms with van der Waals surface area (Å²) >= 11 is 0. The lowest BCUT2D eigenvalue weighted by molar-refractivity contribution is -0.134. The Labute approximate surface area is 147 Å². The highest BCUT2D eigenvalue weighted by molar-refractivity contribution is 5.92. The van der Waals surface area contributed by atoms with Gasteiger partial charge in [0.2, 0.25) is 0 Å². The number of amides is 1. The Morgan fingerprint density at radius 1 is 1.08 bits per heavy atom. The van der Waals surface area contributed by atoms with Gasteiger partial charge in [-0.3, -0.25) is 4.79 Å². The van der Waals surface area contributed by atoms with Gasteiger partial charge >= 0.3 is 5.97 Å². The number of rotatable bonds is 4. The molecular weight excluding hydrogens is 321 g/mol. The first-order chi connectivity index (χ1) is 11.9. The highest BCUT2D eigenvalue weighted by Gasteiger charge is 2.51. The first kappa shape index (κ1) is 16.6. The molecule has 25 heavy (non-hydrogen) atoms. The maximum Gasteiger partial charge on any atom is 0.338 e. The molecule has 4 saturated carbocycles. The van der Waals surface area contributed by atoms with E-state index in [1.165, 1.54) is 43.5 Å². The van der Waals surface area contributed by atoms with Gasteiger partial charge in [-0.2, -0.15) is 0 Å². The van der Waals surface area contributed by atoms with E-state index in [0.717, 1.165) is 37.0 Å². The molecule has 0 radical (unpaired) electrons. The van der Waals surface area contributed by atoms with E-state index in [1.807, 2.05) is 0 Å². The molecule has 0 aliphatic heterocycles. The highest BCUT2D eigenvalue weighted by Crippen LogP contribution is 2.55. The van der Waals surface area contributed by atoms with Crippen LogP contribution in [0.25, 0.3) is 0 Å². The number of nitrogens with one attached hydrogen (secondary N) is 1. The summed E-state index contributed by atoms with van der Waals surface area (Å²) in [5.74, 6) is 0.977. The zero-order valence-electron chi connectivity index (χ0n) is 14.5. The zero-order valence-corrected chi connectivity index (χ0v) is 14.5. The molecule has 1 aromatic carbocycles. The molecular formula is C20H24FNO3. The van der Waals surface area contributed by atoms with Crippen molar-refractivity contribution < 1.29 is 18.7 Å². The summed E-state index contributed by atoms with van der Waals surface area (Å²) in [6.07, 6.45) is 6.25. The van der Waals surface area contributed by atoms with E-state index in [2.05, 4.69) is 5.32 Å². The number of benzene rings is 1. The molecule has 0 saturated heterocycles. The Balaban J connectivity index is 1.38. The van der Waals surface area contributed by atoms with Gasteiger partial charge in [0, 0.05) is 5.54 Å². The van der Waals surface area contributed by atoms with Gasteiger partial charge in [0.05, 0.1) is 5.56 Å². The molecule has 5 heteroatoms. The van der Waals surface area contributed by atoms with Crippen LogP contribution in [0.4, 0.5) is 4.39 Å². The van der Waals surface area contributed by atoms with Gasteiger partial charge in [-0.1, -0.05) is 0 Å². The first-order valence-corrected chi connectivity index (χ1v) is 9.21. The first-order valence-electron chi connectivity index (χ1n) is 9.21. The smallest absolute Gasteiger partial charge is 0.338 e. The summed E-state index contributed by atoms with van der Waals surface area (Å²) in [5, 5.41) is 3.21. The van der Waals surface area contributed by atoms with Crippen molar-refractivity contribution in [2.45, 2.75) is 57.1 Å². The lowest BCUT2D eigenvalue weighted by atomic mass is 9.53. The average molecular weight is 345 g/mol. The summed E-state index contributed by atoms with van der Waals surface area (Å²) in [4.78, 5) is 24.7. The van der Waals surface area contributed by atoms with Crippen LogP contribution in [0.1, 0.15) is 55.8 Å². The van der Waals surface area contributed by atoms with Crippen LogP contribution in [0.3, 0.4) is 0 Å². The second-order valence-corrected chi connectivity index (χ2v) is 8.24. The third-order valence-corrected chi connectivity index (χ3v) is 6.16. The standard InChI is InChI=1S/C20H24FNO3/c1-12(25-19(24)16-2-4-17(21)5-3-16)18(23)22-20-9-13-6-14(10-20)8-15(7-13)11-20/h2-5,12-15H,6-11H2,1H3,(H,22,23)/t12-,13?,14?,15?,20?/m0/s1. The van der Waals surface area contributed by atoms with E-state index in [4.69, 9.17) is 4.74 Å². The fourth-order valence-corrected chi connectivity index (χ4v) is 5.49. The van der Waals surface area contributed by atoms with Crippen molar-refractivity contribution >= 4 is 11.9 Å². The molecule has 1 amide bonds.